The fourth-order valence-electron chi connectivity index (χ4n) is 3.97. The number of halogens is 1. The zero-order chi connectivity index (χ0) is 22.8. The Morgan fingerprint density at radius 2 is 1.91 bits per heavy atom. The van der Waals surface area contributed by atoms with Crippen LogP contribution in [0.4, 0.5) is 15.8 Å². The van der Waals surface area contributed by atoms with E-state index in [0.717, 1.165) is 27.9 Å². The van der Waals surface area contributed by atoms with Gasteiger partial charge < -0.3 is 15.6 Å². The monoisotopic (exact) mass is 456 g/mol. The summed E-state index contributed by atoms with van der Waals surface area (Å²) in [6.45, 7) is 1.98. The van der Waals surface area contributed by atoms with Gasteiger partial charge in [0.05, 0.1) is 22.3 Å². The number of H-pyrrole nitrogens is 1. The number of para-hydroxylation sites is 1. The lowest BCUT2D eigenvalue weighted by molar-refractivity contribution is 0.103. The van der Waals surface area contributed by atoms with Gasteiger partial charge in [-0.3, -0.25) is 9.78 Å². The van der Waals surface area contributed by atoms with E-state index in [2.05, 4.69) is 20.6 Å². The number of benzene rings is 2. The molecule has 0 saturated heterocycles. The number of hydrogen-bond acceptors (Lipinski definition) is 4. The van der Waals surface area contributed by atoms with Gasteiger partial charge in [-0.1, -0.05) is 24.3 Å². The third kappa shape index (κ3) is 4.23. The lowest BCUT2D eigenvalue weighted by Crippen LogP contribution is -2.15. The van der Waals surface area contributed by atoms with Gasteiger partial charge in [-0.25, -0.2) is 4.39 Å². The molecule has 5 nitrogen and oxygen atoms in total. The van der Waals surface area contributed by atoms with Crippen molar-refractivity contribution in [3.63, 3.8) is 0 Å². The molecule has 1 unspecified atom stereocenters. The predicted molar refractivity (Wildman–Crippen MR) is 131 cm³/mol. The van der Waals surface area contributed by atoms with Crippen molar-refractivity contribution >= 4 is 39.5 Å². The second-order valence-electron chi connectivity index (χ2n) is 7.67. The summed E-state index contributed by atoms with van der Waals surface area (Å²) in [7, 11) is 0. The first-order valence-electron chi connectivity index (χ1n) is 10.5. The Hall–Kier alpha value is -3.97. The van der Waals surface area contributed by atoms with Crippen molar-refractivity contribution in [1.29, 1.82) is 0 Å². The maximum Gasteiger partial charge on any atom is 0.265 e. The van der Waals surface area contributed by atoms with E-state index in [-0.39, 0.29) is 11.7 Å². The number of carbonyl (C=O) groups excluding carboxylic acids is 1. The number of aryl methyl sites for hydroxylation is 1. The molecule has 1 atom stereocenters. The van der Waals surface area contributed by atoms with Crippen LogP contribution in [-0.4, -0.2) is 15.9 Å². The van der Waals surface area contributed by atoms with Gasteiger partial charge in [-0.05, 0) is 60.8 Å². The number of thiophene rings is 1. The summed E-state index contributed by atoms with van der Waals surface area (Å²) < 4.78 is 14.5. The molecule has 0 aliphatic rings. The standard InChI is InChI=1S/C26H21FN4OS/c1-16-24(25(22-9-4-5-13-28-22)31-21-8-3-2-7-19(21)27)18-15-17(11-12-20(18)29-16)30-26(32)23-10-6-14-33-23/h2-15,25,29,31H,1H3,(H,30,32). The van der Waals surface area contributed by atoms with Gasteiger partial charge in [-0.15, -0.1) is 11.3 Å². The molecule has 164 valence electrons. The second-order valence-corrected chi connectivity index (χ2v) is 8.61. The molecular formula is C26H21FN4OS. The Morgan fingerprint density at radius 3 is 2.67 bits per heavy atom. The van der Waals surface area contributed by atoms with E-state index in [1.165, 1.54) is 17.4 Å². The van der Waals surface area contributed by atoms with Crippen molar-refractivity contribution in [2.24, 2.45) is 0 Å². The molecule has 5 rings (SSSR count). The third-order valence-electron chi connectivity index (χ3n) is 5.48. The number of hydrogen-bond donors (Lipinski definition) is 3. The minimum absolute atomic E-state index is 0.149. The lowest BCUT2D eigenvalue weighted by Gasteiger charge is -2.21. The number of pyridine rings is 1. The van der Waals surface area contributed by atoms with Crippen LogP contribution >= 0.6 is 11.3 Å². The quantitative estimate of drug-likeness (QED) is 0.272. The van der Waals surface area contributed by atoms with Gasteiger partial charge in [0.15, 0.2) is 0 Å². The van der Waals surface area contributed by atoms with E-state index in [9.17, 15) is 9.18 Å². The first kappa shape index (κ1) is 20.9. The Kier molecular flexibility index (Phi) is 5.62. The van der Waals surface area contributed by atoms with Gasteiger partial charge in [0.1, 0.15) is 5.82 Å². The number of carbonyl (C=O) groups is 1. The van der Waals surface area contributed by atoms with Crippen LogP contribution in [0, 0.1) is 12.7 Å². The van der Waals surface area contributed by atoms with E-state index in [1.54, 1.807) is 30.5 Å². The van der Waals surface area contributed by atoms with Crippen molar-refractivity contribution < 1.29 is 9.18 Å². The fraction of sp³-hybridized carbons (Fsp3) is 0.0769. The Bertz CT molecular complexity index is 1410. The third-order valence-corrected chi connectivity index (χ3v) is 6.35. The van der Waals surface area contributed by atoms with Crippen LogP contribution in [0.5, 0.6) is 0 Å². The number of nitrogens with zero attached hydrogens (tertiary/aromatic N) is 1. The van der Waals surface area contributed by atoms with Gasteiger partial charge in [0, 0.05) is 34.0 Å². The number of aromatic nitrogens is 2. The average molecular weight is 457 g/mol. The Labute approximate surface area is 194 Å². The number of fused-ring (bicyclic) bond motifs is 1. The molecule has 7 heteroatoms. The van der Waals surface area contributed by atoms with E-state index in [4.69, 9.17) is 0 Å². The first-order chi connectivity index (χ1) is 16.1. The van der Waals surface area contributed by atoms with Crippen LogP contribution in [0.1, 0.15) is 32.7 Å². The molecule has 3 aromatic heterocycles. The van der Waals surface area contributed by atoms with Crippen molar-refractivity contribution in [2.75, 3.05) is 10.6 Å². The number of amides is 1. The summed E-state index contributed by atoms with van der Waals surface area (Å²) in [6, 6.07) is 21.3. The highest BCUT2D eigenvalue weighted by molar-refractivity contribution is 7.12. The molecule has 0 aliphatic carbocycles. The molecule has 0 fully saturated rings. The number of rotatable bonds is 6. The molecule has 0 radical (unpaired) electrons. The topological polar surface area (TPSA) is 69.8 Å². The van der Waals surface area contributed by atoms with E-state index < -0.39 is 6.04 Å². The molecule has 33 heavy (non-hydrogen) atoms. The first-order valence-corrected chi connectivity index (χ1v) is 11.4. The fourth-order valence-corrected chi connectivity index (χ4v) is 4.59. The average Bonchev–Trinajstić information content (AvgIpc) is 3.47. The summed E-state index contributed by atoms with van der Waals surface area (Å²) in [5.74, 6) is -0.483. The Balaban J connectivity index is 1.59. The van der Waals surface area contributed by atoms with Gasteiger partial charge >= 0.3 is 0 Å². The van der Waals surface area contributed by atoms with Gasteiger partial charge in [-0.2, -0.15) is 0 Å². The highest BCUT2D eigenvalue weighted by Gasteiger charge is 2.23. The Morgan fingerprint density at radius 1 is 1.06 bits per heavy atom. The normalized spacial score (nSPS) is 11.9. The maximum atomic E-state index is 14.5. The smallest absolute Gasteiger partial charge is 0.265 e. The highest BCUT2D eigenvalue weighted by Crippen LogP contribution is 2.35. The van der Waals surface area contributed by atoms with Crippen molar-refractivity contribution in [1.82, 2.24) is 9.97 Å². The number of aromatic amines is 1. The summed E-state index contributed by atoms with van der Waals surface area (Å²) in [5, 5.41) is 9.11. The predicted octanol–water partition coefficient (Wildman–Crippen LogP) is 6.53. The van der Waals surface area contributed by atoms with E-state index in [1.807, 2.05) is 54.8 Å². The summed E-state index contributed by atoms with van der Waals surface area (Å²) >= 11 is 1.39. The molecule has 0 bridgehead atoms. The molecule has 0 spiro atoms. The van der Waals surface area contributed by atoms with Crippen LogP contribution in [0.3, 0.4) is 0 Å². The molecule has 0 saturated carbocycles. The molecule has 0 aliphatic heterocycles. The van der Waals surface area contributed by atoms with Crippen LogP contribution in [0.15, 0.2) is 84.4 Å². The van der Waals surface area contributed by atoms with Crippen LogP contribution in [0.25, 0.3) is 10.9 Å². The largest absolute Gasteiger partial charge is 0.370 e. The molecule has 3 N–H and O–H groups in total. The van der Waals surface area contributed by atoms with Crippen molar-refractivity contribution in [3.8, 4) is 0 Å². The zero-order valence-electron chi connectivity index (χ0n) is 17.8. The summed E-state index contributed by atoms with van der Waals surface area (Å²) in [5.41, 5.74) is 4.65. The van der Waals surface area contributed by atoms with Crippen LogP contribution in [0.2, 0.25) is 0 Å². The molecule has 3 heterocycles. The van der Waals surface area contributed by atoms with E-state index >= 15 is 0 Å². The van der Waals surface area contributed by atoms with Crippen LogP contribution < -0.4 is 10.6 Å². The SMILES string of the molecule is Cc1[nH]c2ccc(NC(=O)c3cccs3)cc2c1C(Nc1ccccc1F)c1ccccn1. The lowest BCUT2D eigenvalue weighted by atomic mass is 9.98. The number of nitrogens with one attached hydrogen (secondary N) is 3. The minimum atomic E-state index is -0.403. The van der Waals surface area contributed by atoms with Crippen molar-refractivity contribution in [2.45, 2.75) is 13.0 Å². The minimum Gasteiger partial charge on any atom is -0.370 e. The molecule has 2 aromatic carbocycles. The van der Waals surface area contributed by atoms with Crippen LogP contribution in [-0.2, 0) is 0 Å². The second kappa shape index (κ2) is 8.88. The number of anilines is 2. The van der Waals surface area contributed by atoms with E-state index in [0.29, 0.717) is 16.3 Å². The highest BCUT2D eigenvalue weighted by atomic mass is 32.1. The molecule has 1 amide bonds. The summed E-state index contributed by atoms with van der Waals surface area (Å²) in [4.78, 5) is 21.2. The zero-order valence-corrected chi connectivity index (χ0v) is 18.6. The van der Waals surface area contributed by atoms with Gasteiger partial charge in [0.2, 0.25) is 0 Å². The van der Waals surface area contributed by atoms with Crippen molar-refractivity contribution in [3.05, 3.63) is 112 Å². The maximum absolute atomic E-state index is 14.5. The molecule has 5 aromatic rings. The summed E-state index contributed by atoms with van der Waals surface area (Å²) in [6.07, 6.45) is 1.72. The van der Waals surface area contributed by atoms with Gasteiger partial charge in [0.25, 0.3) is 5.91 Å². The molecular weight excluding hydrogens is 435 g/mol.